The minimum absolute atomic E-state index is 0.00770. The summed E-state index contributed by atoms with van der Waals surface area (Å²) in [6, 6.07) is 13.5. The first-order valence-corrected chi connectivity index (χ1v) is 12.4. The summed E-state index contributed by atoms with van der Waals surface area (Å²) in [5.41, 5.74) is 0.476. The minimum atomic E-state index is -4.11. The smallest absolute Gasteiger partial charge is 0.308 e. The van der Waals surface area contributed by atoms with E-state index in [-0.39, 0.29) is 27.1 Å². The van der Waals surface area contributed by atoms with Crippen LogP contribution in [0.15, 0.2) is 71.6 Å². The van der Waals surface area contributed by atoms with Gasteiger partial charge in [0.25, 0.3) is 10.0 Å². The molecule has 0 aliphatic heterocycles. The molecule has 0 atom stereocenters. The van der Waals surface area contributed by atoms with Crippen LogP contribution in [0.3, 0.4) is 0 Å². The van der Waals surface area contributed by atoms with Gasteiger partial charge in [-0.25, -0.2) is 12.8 Å². The third-order valence-corrected chi connectivity index (χ3v) is 6.20. The van der Waals surface area contributed by atoms with Gasteiger partial charge in [0.1, 0.15) is 0 Å². The second kappa shape index (κ2) is 11.7. The summed E-state index contributed by atoms with van der Waals surface area (Å²) in [5, 5.41) is 2.34. The van der Waals surface area contributed by atoms with Crippen molar-refractivity contribution in [1.82, 2.24) is 0 Å². The predicted octanol–water partition coefficient (Wildman–Crippen LogP) is 4.78. The number of sulfonamides is 1. The lowest BCUT2D eigenvalue weighted by Crippen LogP contribution is -2.14. The van der Waals surface area contributed by atoms with Crippen LogP contribution in [0.1, 0.15) is 19.4 Å². The van der Waals surface area contributed by atoms with Crippen molar-refractivity contribution in [3.8, 4) is 11.5 Å². The molecule has 0 aliphatic rings. The Morgan fingerprint density at radius 1 is 0.919 bits per heavy atom. The van der Waals surface area contributed by atoms with E-state index in [4.69, 9.17) is 21.1 Å². The molecule has 3 aromatic carbocycles. The lowest BCUT2D eigenvalue weighted by atomic mass is 10.2. The largest absolute Gasteiger partial charge is 0.423 e. The Bertz CT molecular complexity index is 1490. The van der Waals surface area contributed by atoms with E-state index in [1.54, 1.807) is 6.07 Å². The molecule has 0 radical (unpaired) electrons. The first-order chi connectivity index (χ1) is 17.4. The molecule has 1 amide bonds. The third-order valence-electron chi connectivity index (χ3n) is 4.53. The number of carbonyl (C=O) groups is 3. The lowest BCUT2D eigenvalue weighted by molar-refractivity contribution is -0.134. The van der Waals surface area contributed by atoms with Crippen LogP contribution in [-0.4, -0.2) is 26.3 Å². The molecule has 9 nitrogen and oxygen atoms in total. The molecule has 37 heavy (non-hydrogen) atoms. The molecule has 3 aromatic rings. The van der Waals surface area contributed by atoms with Crippen LogP contribution in [0.5, 0.6) is 11.5 Å². The van der Waals surface area contributed by atoms with E-state index in [1.165, 1.54) is 80.6 Å². The van der Waals surface area contributed by atoms with Crippen molar-refractivity contribution in [3.63, 3.8) is 0 Å². The van der Waals surface area contributed by atoms with Crippen molar-refractivity contribution >= 4 is 56.9 Å². The number of rotatable bonds is 8. The van der Waals surface area contributed by atoms with Crippen molar-refractivity contribution in [1.29, 1.82) is 0 Å². The number of anilines is 2. The Hall–Kier alpha value is -4.22. The van der Waals surface area contributed by atoms with Crippen LogP contribution in [0.2, 0.25) is 5.02 Å². The number of esters is 2. The quantitative estimate of drug-likeness (QED) is 0.236. The van der Waals surface area contributed by atoms with Gasteiger partial charge in [-0.3, -0.25) is 19.1 Å². The summed E-state index contributed by atoms with van der Waals surface area (Å²) in [5.74, 6) is -2.59. The molecule has 0 bridgehead atoms. The number of carbonyl (C=O) groups excluding carboxylic acids is 3. The molecule has 2 N–H and O–H groups in total. The van der Waals surface area contributed by atoms with Crippen LogP contribution >= 0.6 is 11.6 Å². The number of ether oxygens (including phenoxy) is 2. The first-order valence-electron chi connectivity index (χ1n) is 10.5. The highest BCUT2D eigenvalue weighted by Gasteiger charge is 2.17. The average molecular weight is 547 g/mol. The van der Waals surface area contributed by atoms with E-state index in [0.717, 1.165) is 0 Å². The number of amides is 1. The predicted molar refractivity (Wildman–Crippen MR) is 135 cm³/mol. The molecular weight excluding hydrogens is 527 g/mol. The Morgan fingerprint density at radius 3 is 2.22 bits per heavy atom. The zero-order valence-electron chi connectivity index (χ0n) is 19.5. The average Bonchev–Trinajstić information content (AvgIpc) is 2.82. The second-order valence-corrected chi connectivity index (χ2v) is 9.54. The van der Waals surface area contributed by atoms with Gasteiger partial charge >= 0.3 is 11.9 Å². The van der Waals surface area contributed by atoms with Crippen LogP contribution in [0.4, 0.5) is 15.8 Å². The Balaban J connectivity index is 1.68. The molecule has 0 fully saturated rings. The maximum absolute atomic E-state index is 14.0. The van der Waals surface area contributed by atoms with E-state index in [9.17, 15) is 27.2 Å². The van der Waals surface area contributed by atoms with Gasteiger partial charge in [0.2, 0.25) is 5.91 Å². The molecule has 0 aromatic heterocycles. The highest BCUT2D eigenvalue weighted by Crippen LogP contribution is 2.29. The van der Waals surface area contributed by atoms with Crippen molar-refractivity contribution < 1.29 is 36.7 Å². The maximum atomic E-state index is 14.0. The Kier molecular flexibility index (Phi) is 8.64. The standard InChI is InChI=1S/C25H20ClFN2O7S/c1-15(30)35-22-12-6-17(14-23(22)36-16(2)31)7-13-24(32)28-18-8-10-19(11-9-18)37(33,34)29-21-5-3-4-20(26)25(21)27/h3-14,29H,1-2H3,(H,28,32)/b13-7+. The SMILES string of the molecule is CC(=O)Oc1ccc(/C=C/C(=O)Nc2ccc(S(=O)(=O)Nc3cccc(Cl)c3F)cc2)cc1OC(C)=O. The van der Waals surface area contributed by atoms with E-state index < -0.39 is 33.7 Å². The summed E-state index contributed by atoms with van der Waals surface area (Å²) < 4.78 is 51.3. The highest BCUT2D eigenvalue weighted by molar-refractivity contribution is 7.92. The maximum Gasteiger partial charge on any atom is 0.308 e. The number of benzene rings is 3. The van der Waals surface area contributed by atoms with Crippen molar-refractivity contribution in [3.05, 3.63) is 83.1 Å². The molecule has 0 saturated heterocycles. The summed E-state index contributed by atoms with van der Waals surface area (Å²) in [6.45, 7) is 2.39. The fourth-order valence-electron chi connectivity index (χ4n) is 2.96. The van der Waals surface area contributed by atoms with Crippen molar-refractivity contribution in [2.24, 2.45) is 0 Å². The zero-order valence-corrected chi connectivity index (χ0v) is 21.0. The monoisotopic (exact) mass is 546 g/mol. The Labute approximate surface area is 216 Å². The molecule has 3 rings (SSSR count). The van der Waals surface area contributed by atoms with Crippen molar-refractivity contribution in [2.45, 2.75) is 18.7 Å². The van der Waals surface area contributed by atoms with Gasteiger partial charge in [-0.1, -0.05) is 23.7 Å². The van der Waals surface area contributed by atoms with E-state index in [1.807, 2.05) is 0 Å². The molecule has 0 heterocycles. The second-order valence-electron chi connectivity index (χ2n) is 7.45. The van der Waals surface area contributed by atoms with Gasteiger partial charge in [-0.2, -0.15) is 0 Å². The van der Waals surface area contributed by atoms with E-state index >= 15 is 0 Å². The molecular formula is C25H20ClFN2O7S. The number of hydrogen-bond donors (Lipinski definition) is 2. The molecule has 12 heteroatoms. The summed E-state index contributed by atoms with van der Waals surface area (Å²) in [7, 11) is -4.11. The molecule has 192 valence electrons. The van der Waals surface area contributed by atoms with Gasteiger partial charge in [0, 0.05) is 25.6 Å². The summed E-state index contributed by atoms with van der Waals surface area (Å²) in [4.78, 5) is 34.7. The lowest BCUT2D eigenvalue weighted by Gasteiger charge is -2.10. The fourth-order valence-corrected chi connectivity index (χ4v) is 4.20. The number of halogens is 2. The first kappa shape index (κ1) is 27.4. The summed E-state index contributed by atoms with van der Waals surface area (Å²) >= 11 is 5.68. The van der Waals surface area contributed by atoms with Gasteiger partial charge in [0.15, 0.2) is 17.3 Å². The van der Waals surface area contributed by atoms with Crippen LogP contribution in [0, 0.1) is 5.82 Å². The van der Waals surface area contributed by atoms with Crippen molar-refractivity contribution in [2.75, 3.05) is 10.0 Å². The van der Waals surface area contributed by atoms with Crippen LogP contribution in [0.25, 0.3) is 6.08 Å². The molecule has 0 spiro atoms. The Morgan fingerprint density at radius 2 is 1.57 bits per heavy atom. The molecule has 0 aliphatic carbocycles. The van der Waals surface area contributed by atoms with Crippen LogP contribution < -0.4 is 19.5 Å². The van der Waals surface area contributed by atoms with Gasteiger partial charge < -0.3 is 14.8 Å². The third kappa shape index (κ3) is 7.63. The topological polar surface area (TPSA) is 128 Å². The molecule has 0 unspecified atom stereocenters. The minimum Gasteiger partial charge on any atom is -0.423 e. The highest BCUT2D eigenvalue weighted by atomic mass is 35.5. The number of hydrogen-bond acceptors (Lipinski definition) is 7. The van der Waals surface area contributed by atoms with E-state index in [0.29, 0.717) is 11.3 Å². The zero-order chi connectivity index (χ0) is 27.2. The fraction of sp³-hybridized carbons (Fsp3) is 0.0800. The molecule has 0 saturated carbocycles. The van der Waals surface area contributed by atoms with Crippen LogP contribution in [-0.2, 0) is 24.4 Å². The summed E-state index contributed by atoms with van der Waals surface area (Å²) in [6.07, 6.45) is 2.63. The van der Waals surface area contributed by atoms with Gasteiger partial charge in [0.05, 0.1) is 15.6 Å². The van der Waals surface area contributed by atoms with E-state index in [2.05, 4.69) is 10.0 Å². The normalized spacial score (nSPS) is 11.1. The van der Waals surface area contributed by atoms with Gasteiger partial charge in [-0.05, 0) is 60.2 Å². The van der Waals surface area contributed by atoms with Gasteiger partial charge in [-0.15, -0.1) is 0 Å². The number of nitrogens with one attached hydrogen (secondary N) is 2.